The van der Waals surface area contributed by atoms with Crippen LogP contribution >= 0.6 is 0 Å². The van der Waals surface area contributed by atoms with E-state index in [1.807, 2.05) is 0 Å². The predicted molar refractivity (Wildman–Crippen MR) is 41.8 cm³/mol. The van der Waals surface area contributed by atoms with E-state index >= 15 is 0 Å². The van der Waals surface area contributed by atoms with E-state index in [9.17, 15) is 4.39 Å². The van der Waals surface area contributed by atoms with E-state index in [2.05, 4.69) is 0 Å². The molecule has 1 aromatic carbocycles. The average molecular weight is 156 g/mol. The second-order valence-corrected chi connectivity index (χ2v) is 2.11. The lowest BCUT2D eigenvalue weighted by molar-refractivity contribution is 0.412. The van der Waals surface area contributed by atoms with Crippen LogP contribution in [0.25, 0.3) is 0 Å². The summed E-state index contributed by atoms with van der Waals surface area (Å²) in [5.74, 6) is -0.184. The zero-order valence-corrected chi connectivity index (χ0v) is 6.10. The molecule has 0 aliphatic rings. The molecule has 4 heteroatoms. The SMILES string of the molecule is COc1cc(N)c(N)c(F)c1. The summed E-state index contributed by atoms with van der Waals surface area (Å²) in [5.41, 5.74) is 10.8. The van der Waals surface area contributed by atoms with Gasteiger partial charge in [-0.2, -0.15) is 0 Å². The Labute approximate surface area is 63.8 Å². The van der Waals surface area contributed by atoms with E-state index in [0.29, 0.717) is 5.75 Å². The summed E-state index contributed by atoms with van der Waals surface area (Å²) >= 11 is 0. The van der Waals surface area contributed by atoms with Gasteiger partial charge in [-0.1, -0.05) is 0 Å². The van der Waals surface area contributed by atoms with Gasteiger partial charge in [0.15, 0.2) is 5.82 Å². The summed E-state index contributed by atoms with van der Waals surface area (Å²) in [6.45, 7) is 0. The second-order valence-electron chi connectivity index (χ2n) is 2.11. The first-order chi connectivity index (χ1) is 5.15. The molecule has 0 aliphatic carbocycles. The van der Waals surface area contributed by atoms with Crippen LogP contribution in [0.1, 0.15) is 0 Å². The Hall–Kier alpha value is -1.45. The molecule has 4 N–H and O–H groups in total. The first-order valence-electron chi connectivity index (χ1n) is 3.03. The molecule has 0 atom stereocenters. The molecular formula is C7H9FN2O. The highest BCUT2D eigenvalue weighted by Gasteiger charge is 2.04. The molecule has 0 saturated heterocycles. The van der Waals surface area contributed by atoms with Gasteiger partial charge >= 0.3 is 0 Å². The van der Waals surface area contributed by atoms with E-state index in [1.54, 1.807) is 0 Å². The number of rotatable bonds is 1. The van der Waals surface area contributed by atoms with Gasteiger partial charge in [0, 0.05) is 12.1 Å². The topological polar surface area (TPSA) is 61.3 Å². The number of methoxy groups -OCH3 is 1. The minimum absolute atomic E-state index is 0.0363. The van der Waals surface area contributed by atoms with Crippen molar-refractivity contribution in [1.82, 2.24) is 0 Å². The van der Waals surface area contributed by atoms with E-state index < -0.39 is 5.82 Å². The standard InChI is InChI=1S/C7H9FN2O/c1-11-4-2-5(8)7(10)6(9)3-4/h2-3H,9-10H2,1H3. The highest BCUT2D eigenvalue weighted by molar-refractivity contribution is 5.66. The zero-order valence-electron chi connectivity index (χ0n) is 6.10. The highest BCUT2D eigenvalue weighted by atomic mass is 19.1. The van der Waals surface area contributed by atoms with Crippen molar-refractivity contribution < 1.29 is 9.13 Å². The lowest BCUT2D eigenvalue weighted by Gasteiger charge is -2.04. The lowest BCUT2D eigenvalue weighted by atomic mass is 10.2. The molecule has 0 aromatic heterocycles. The molecule has 1 rings (SSSR count). The van der Waals surface area contributed by atoms with Gasteiger partial charge in [-0.05, 0) is 0 Å². The van der Waals surface area contributed by atoms with E-state index in [0.717, 1.165) is 0 Å². The van der Waals surface area contributed by atoms with Gasteiger partial charge in [0.25, 0.3) is 0 Å². The van der Waals surface area contributed by atoms with Crippen molar-refractivity contribution in [3.05, 3.63) is 17.9 Å². The summed E-state index contributed by atoms with van der Waals surface area (Å²) in [4.78, 5) is 0. The Morgan fingerprint density at radius 3 is 2.45 bits per heavy atom. The van der Waals surface area contributed by atoms with Crippen LogP contribution < -0.4 is 16.2 Å². The minimum Gasteiger partial charge on any atom is -0.497 e. The van der Waals surface area contributed by atoms with Crippen molar-refractivity contribution in [3.8, 4) is 5.75 Å². The van der Waals surface area contributed by atoms with Crippen LogP contribution in [-0.4, -0.2) is 7.11 Å². The molecule has 0 amide bonds. The number of hydrogen-bond acceptors (Lipinski definition) is 3. The summed E-state index contributed by atoms with van der Waals surface area (Å²) < 4.78 is 17.5. The van der Waals surface area contributed by atoms with Crippen molar-refractivity contribution in [2.24, 2.45) is 0 Å². The van der Waals surface area contributed by atoms with Gasteiger partial charge in [-0.25, -0.2) is 4.39 Å². The number of nitrogens with two attached hydrogens (primary N) is 2. The summed E-state index contributed by atoms with van der Waals surface area (Å²) in [5, 5.41) is 0. The third-order valence-electron chi connectivity index (χ3n) is 1.37. The first-order valence-corrected chi connectivity index (χ1v) is 3.03. The maximum absolute atomic E-state index is 12.7. The van der Waals surface area contributed by atoms with Crippen molar-refractivity contribution in [2.45, 2.75) is 0 Å². The molecule has 0 spiro atoms. The molecule has 0 unspecified atom stereocenters. The third-order valence-corrected chi connectivity index (χ3v) is 1.37. The number of hydrogen-bond donors (Lipinski definition) is 2. The fourth-order valence-electron chi connectivity index (χ4n) is 0.731. The minimum atomic E-state index is -0.554. The number of halogens is 1. The quantitative estimate of drug-likeness (QED) is 0.596. The van der Waals surface area contributed by atoms with Crippen LogP contribution in [0, 0.1) is 5.82 Å². The van der Waals surface area contributed by atoms with Crippen molar-refractivity contribution in [2.75, 3.05) is 18.6 Å². The van der Waals surface area contributed by atoms with Crippen LogP contribution in [0.5, 0.6) is 5.75 Å². The Balaban J connectivity index is 3.21. The molecule has 0 aliphatic heterocycles. The van der Waals surface area contributed by atoms with E-state index in [1.165, 1.54) is 19.2 Å². The summed E-state index contributed by atoms with van der Waals surface area (Å²) in [7, 11) is 1.43. The molecule has 0 bridgehead atoms. The largest absolute Gasteiger partial charge is 0.497 e. The van der Waals surface area contributed by atoms with Crippen LogP contribution in [0.3, 0.4) is 0 Å². The van der Waals surface area contributed by atoms with Crippen LogP contribution in [0.4, 0.5) is 15.8 Å². The maximum atomic E-state index is 12.7. The average Bonchev–Trinajstić information content (AvgIpc) is 1.99. The van der Waals surface area contributed by atoms with Crippen molar-refractivity contribution in [1.29, 1.82) is 0 Å². The van der Waals surface area contributed by atoms with Crippen LogP contribution in [0.15, 0.2) is 12.1 Å². The molecule has 0 saturated carbocycles. The highest BCUT2D eigenvalue weighted by Crippen LogP contribution is 2.24. The fourth-order valence-corrected chi connectivity index (χ4v) is 0.731. The van der Waals surface area contributed by atoms with Crippen LogP contribution in [0.2, 0.25) is 0 Å². The first kappa shape index (κ1) is 7.65. The molecular weight excluding hydrogens is 147 g/mol. The Morgan fingerprint density at radius 1 is 1.36 bits per heavy atom. The maximum Gasteiger partial charge on any atom is 0.151 e. The van der Waals surface area contributed by atoms with Gasteiger partial charge in [-0.15, -0.1) is 0 Å². The van der Waals surface area contributed by atoms with Gasteiger partial charge in [0.2, 0.25) is 0 Å². The van der Waals surface area contributed by atoms with Gasteiger partial charge in [0.05, 0.1) is 18.5 Å². The number of ether oxygens (including phenoxy) is 1. The molecule has 0 radical (unpaired) electrons. The van der Waals surface area contributed by atoms with Gasteiger partial charge < -0.3 is 16.2 Å². The molecule has 3 nitrogen and oxygen atoms in total. The number of anilines is 2. The van der Waals surface area contributed by atoms with Gasteiger partial charge in [0.1, 0.15) is 5.75 Å². The zero-order chi connectivity index (χ0) is 8.43. The normalized spacial score (nSPS) is 9.64. The summed E-state index contributed by atoms with van der Waals surface area (Å²) in [6.07, 6.45) is 0. The fraction of sp³-hybridized carbons (Fsp3) is 0.143. The summed E-state index contributed by atoms with van der Waals surface area (Å²) in [6, 6.07) is 2.66. The number of nitrogen functional groups attached to an aromatic ring is 2. The molecule has 11 heavy (non-hydrogen) atoms. The van der Waals surface area contributed by atoms with Crippen molar-refractivity contribution in [3.63, 3.8) is 0 Å². The number of benzene rings is 1. The molecule has 60 valence electrons. The Bertz CT molecular complexity index is 252. The molecule has 0 fully saturated rings. The third kappa shape index (κ3) is 1.34. The van der Waals surface area contributed by atoms with Crippen LogP contribution in [-0.2, 0) is 0 Å². The van der Waals surface area contributed by atoms with E-state index in [-0.39, 0.29) is 11.4 Å². The monoisotopic (exact) mass is 156 g/mol. The lowest BCUT2D eigenvalue weighted by Crippen LogP contribution is -1.98. The van der Waals surface area contributed by atoms with E-state index in [4.69, 9.17) is 16.2 Å². The second kappa shape index (κ2) is 2.65. The van der Waals surface area contributed by atoms with Crippen molar-refractivity contribution >= 4 is 11.4 Å². The Morgan fingerprint density at radius 2 is 2.00 bits per heavy atom. The molecule has 0 heterocycles. The predicted octanol–water partition coefficient (Wildman–Crippen LogP) is 0.999. The van der Waals surface area contributed by atoms with Gasteiger partial charge in [-0.3, -0.25) is 0 Å². The Kier molecular flexibility index (Phi) is 1.85. The molecule has 1 aromatic rings. The smallest absolute Gasteiger partial charge is 0.151 e.